The van der Waals surface area contributed by atoms with Gasteiger partial charge in [-0.2, -0.15) is 4.57 Å². The summed E-state index contributed by atoms with van der Waals surface area (Å²) < 4.78 is 4.42. The molecule has 0 fully saturated rings. The van der Waals surface area contributed by atoms with Crippen LogP contribution in [-0.4, -0.2) is 13.1 Å². The van der Waals surface area contributed by atoms with E-state index < -0.39 is 0 Å². The van der Waals surface area contributed by atoms with Crippen molar-refractivity contribution in [2.75, 3.05) is 18.0 Å². The number of pyridine rings is 1. The van der Waals surface area contributed by atoms with E-state index in [1.54, 1.807) is 0 Å². The number of anilines is 1. The first kappa shape index (κ1) is 24.4. The van der Waals surface area contributed by atoms with Crippen LogP contribution in [0.2, 0.25) is 0 Å². The highest BCUT2D eigenvalue weighted by Crippen LogP contribution is 2.28. The van der Waals surface area contributed by atoms with Gasteiger partial charge in [0.05, 0.1) is 0 Å². The van der Waals surface area contributed by atoms with Gasteiger partial charge in [-0.05, 0) is 85.1 Å². The maximum Gasteiger partial charge on any atom is 0.213 e. The van der Waals surface area contributed by atoms with Crippen LogP contribution in [0.4, 0.5) is 5.69 Å². The fourth-order valence-corrected chi connectivity index (χ4v) is 4.64. The Kier molecular flexibility index (Phi) is 8.02. The summed E-state index contributed by atoms with van der Waals surface area (Å²) in [6.45, 7) is 6.42. The Bertz CT molecular complexity index is 1270. The van der Waals surface area contributed by atoms with Gasteiger partial charge in [0.25, 0.3) is 0 Å². The molecule has 4 aromatic rings. The largest absolute Gasteiger partial charge is 0.372 e. The number of nitrogens with zero attached hydrogens (tertiary/aromatic N) is 2. The number of aromatic nitrogens is 1. The zero-order chi connectivity index (χ0) is 24.1. The fraction of sp³-hybridized carbons (Fsp3) is 0.167. The lowest BCUT2D eigenvalue weighted by molar-refractivity contribution is -0.662. The molecule has 4 rings (SSSR count). The Hall–Kier alpha value is -2.69. The number of rotatable bonds is 7. The van der Waals surface area contributed by atoms with E-state index in [9.17, 15) is 0 Å². The van der Waals surface area contributed by atoms with Gasteiger partial charge >= 0.3 is 0 Å². The lowest BCUT2D eigenvalue weighted by atomic mass is 10.0. The average Bonchev–Trinajstić information content (AvgIpc) is 2.86. The van der Waals surface area contributed by atoms with Gasteiger partial charge in [0, 0.05) is 51.5 Å². The van der Waals surface area contributed by atoms with Crippen LogP contribution in [-0.2, 0) is 7.05 Å². The first-order valence-electron chi connectivity index (χ1n) is 11.6. The maximum absolute atomic E-state index is 3.56. The molecule has 0 unspecified atom stereocenters. The normalized spacial score (nSPS) is 11.2. The summed E-state index contributed by atoms with van der Waals surface area (Å²) in [5.74, 6) is 0. The third-order valence-electron chi connectivity index (χ3n) is 6.13. The molecular formula is C30H29Br2N2+. The van der Waals surface area contributed by atoms with Gasteiger partial charge in [-0.25, -0.2) is 0 Å². The van der Waals surface area contributed by atoms with E-state index in [0.29, 0.717) is 0 Å². The predicted octanol–water partition coefficient (Wildman–Crippen LogP) is 8.39. The van der Waals surface area contributed by atoms with Gasteiger partial charge in [0.15, 0.2) is 0 Å². The topological polar surface area (TPSA) is 7.12 Å². The molecule has 1 aromatic heterocycles. The maximum atomic E-state index is 3.56. The van der Waals surface area contributed by atoms with E-state index in [1.165, 1.54) is 33.6 Å². The van der Waals surface area contributed by atoms with Crippen LogP contribution in [0.25, 0.3) is 34.5 Å². The van der Waals surface area contributed by atoms with E-state index in [2.05, 4.69) is 159 Å². The second kappa shape index (κ2) is 11.2. The molecule has 0 atom stereocenters. The summed E-state index contributed by atoms with van der Waals surface area (Å²) in [5, 5.41) is 0. The number of hydrogen-bond donors (Lipinski definition) is 0. The molecule has 0 spiro atoms. The van der Waals surface area contributed by atoms with Gasteiger partial charge in [-0.15, -0.1) is 0 Å². The number of halogens is 2. The van der Waals surface area contributed by atoms with Crippen molar-refractivity contribution in [2.24, 2.45) is 7.05 Å². The van der Waals surface area contributed by atoms with Crippen LogP contribution in [0.5, 0.6) is 0 Å². The molecule has 0 saturated carbocycles. The van der Waals surface area contributed by atoms with Crippen LogP contribution in [0, 0.1) is 0 Å². The van der Waals surface area contributed by atoms with E-state index >= 15 is 0 Å². The molecule has 0 aliphatic rings. The molecule has 0 aliphatic carbocycles. The summed E-state index contributed by atoms with van der Waals surface area (Å²) >= 11 is 7.11. The van der Waals surface area contributed by atoms with Gasteiger partial charge < -0.3 is 4.90 Å². The summed E-state index contributed by atoms with van der Waals surface area (Å²) in [5.41, 5.74) is 8.34. The second-order valence-corrected chi connectivity index (χ2v) is 10.1. The number of benzene rings is 3. The fourth-order valence-electron chi connectivity index (χ4n) is 4.11. The van der Waals surface area contributed by atoms with Crippen molar-refractivity contribution in [1.29, 1.82) is 0 Å². The van der Waals surface area contributed by atoms with Crippen molar-refractivity contribution in [2.45, 2.75) is 13.8 Å². The molecule has 34 heavy (non-hydrogen) atoms. The van der Waals surface area contributed by atoms with Crippen molar-refractivity contribution in [3.05, 3.63) is 105 Å². The minimum Gasteiger partial charge on any atom is -0.372 e. The quantitative estimate of drug-likeness (QED) is 0.200. The number of hydrogen-bond acceptors (Lipinski definition) is 1. The molecule has 0 amide bonds. The minimum absolute atomic E-state index is 1.02. The van der Waals surface area contributed by atoms with Gasteiger partial charge in [0.1, 0.15) is 7.05 Å². The summed E-state index contributed by atoms with van der Waals surface area (Å²) in [7, 11) is 2.13. The van der Waals surface area contributed by atoms with E-state index in [1.807, 2.05) is 0 Å². The SMILES string of the molecule is CCN(CC)c1ccc(/C=C/c2cc(-c3ccc(Br)cc3)cc(-c3ccc(Br)cc3)[n+]2C)cc1. The highest BCUT2D eigenvalue weighted by Gasteiger charge is 2.17. The molecular weight excluding hydrogens is 548 g/mol. The zero-order valence-electron chi connectivity index (χ0n) is 19.8. The van der Waals surface area contributed by atoms with Crippen molar-refractivity contribution < 1.29 is 4.57 Å². The standard InChI is InChI=1S/C30H29Br2N2/c1-4-34(5-2)28-17-6-22(7-18-28)8-19-29-20-25(23-9-13-26(31)14-10-23)21-30(33(29)3)24-11-15-27(32)16-12-24/h6-21H,4-5H2,1-3H3/q+1. The van der Waals surface area contributed by atoms with Crippen LogP contribution < -0.4 is 9.47 Å². The molecule has 0 bridgehead atoms. The molecule has 1 heterocycles. The Balaban J connectivity index is 1.75. The molecule has 0 N–H and O–H groups in total. The van der Waals surface area contributed by atoms with Crippen LogP contribution in [0.15, 0.2) is 93.9 Å². The molecule has 3 aromatic carbocycles. The van der Waals surface area contributed by atoms with E-state index in [-0.39, 0.29) is 0 Å². The molecule has 2 nitrogen and oxygen atoms in total. The van der Waals surface area contributed by atoms with Crippen molar-refractivity contribution in [1.82, 2.24) is 0 Å². The average molecular weight is 577 g/mol. The predicted molar refractivity (Wildman–Crippen MR) is 153 cm³/mol. The highest BCUT2D eigenvalue weighted by molar-refractivity contribution is 9.10. The van der Waals surface area contributed by atoms with Crippen molar-refractivity contribution >= 4 is 49.7 Å². The second-order valence-electron chi connectivity index (χ2n) is 8.22. The van der Waals surface area contributed by atoms with Gasteiger partial charge in [-0.3, -0.25) is 0 Å². The monoisotopic (exact) mass is 575 g/mol. The smallest absolute Gasteiger partial charge is 0.213 e. The van der Waals surface area contributed by atoms with Crippen molar-refractivity contribution in [3.63, 3.8) is 0 Å². The molecule has 0 radical (unpaired) electrons. The third kappa shape index (κ3) is 5.68. The zero-order valence-corrected chi connectivity index (χ0v) is 23.0. The molecule has 0 saturated heterocycles. The Morgan fingerprint density at radius 3 is 1.79 bits per heavy atom. The summed E-state index contributed by atoms with van der Waals surface area (Å²) in [6.07, 6.45) is 4.40. The highest BCUT2D eigenvalue weighted by atomic mass is 79.9. The minimum atomic E-state index is 1.02. The third-order valence-corrected chi connectivity index (χ3v) is 7.19. The van der Waals surface area contributed by atoms with E-state index in [4.69, 9.17) is 0 Å². The first-order valence-corrected chi connectivity index (χ1v) is 13.2. The van der Waals surface area contributed by atoms with Crippen molar-refractivity contribution in [3.8, 4) is 22.4 Å². The molecule has 172 valence electrons. The summed E-state index contributed by atoms with van der Waals surface area (Å²) in [6, 6.07) is 30.3. The van der Waals surface area contributed by atoms with Gasteiger partial charge in [-0.1, -0.05) is 56.1 Å². The Morgan fingerprint density at radius 1 is 0.676 bits per heavy atom. The lowest BCUT2D eigenvalue weighted by Gasteiger charge is -2.20. The van der Waals surface area contributed by atoms with E-state index in [0.717, 1.165) is 27.7 Å². The summed E-state index contributed by atoms with van der Waals surface area (Å²) in [4.78, 5) is 2.36. The van der Waals surface area contributed by atoms with Crippen LogP contribution in [0.3, 0.4) is 0 Å². The first-order chi connectivity index (χ1) is 16.5. The van der Waals surface area contributed by atoms with Gasteiger partial charge in [0.2, 0.25) is 11.4 Å². The molecule has 0 aliphatic heterocycles. The Morgan fingerprint density at radius 2 is 1.24 bits per heavy atom. The molecule has 4 heteroatoms. The Labute approximate surface area is 219 Å². The lowest BCUT2D eigenvalue weighted by Crippen LogP contribution is -2.34. The van der Waals surface area contributed by atoms with Crippen LogP contribution >= 0.6 is 31.9 Å². The van der Waals surface area contributed by atoms with Crippen LogP contribution in [0.1, 0.15) is 25.1 Å².